The fourth-order valence-corrected chi connectivity index (χ4v) is 2.04. The van der Waals surface area contributed by atoms with Gasteiger partial charge in [-0.05, 0) is 40.2 Å². The summed E-state index contributed by atoms with van der Waals surface area (Å²) >= 11 is 3.25. The molecule has 0 fully saturated rings. The highest BCUT2D eigenvalue weighted by molar-refractivity contribution is 9.10. The van der Waals surface area contributed by atoms with Crippen LogP contribution in [0.4, 0.5) is 0 Å². The molecule has 6 heteroatoms. The maximum Gasteiger partial charge on any atom is 0.258 e. The third-order valence-corrected chi connectivity index (χ3v) is 3.21. The number of aromatic nitrogens is 3. The molecule has 0 unspecified atom stereocenters. The largest absolute Gasteiger partial charge is 0.484 e. The second kappa shape index (κ2) is 5.42. The maximum absolute atomic E-state index is 11.9. The predicted molar refractivity (Wildman–Crippen MR) is 78.6 cm³/mol. The second-order valence-corrected chi connectivity index (χ2v) is 4.95. The summed E-state index contributed by atoms with van der Waals surface area (Å²) in [4.78, 5) is 23.0. The number of rotatable bonds is 3. The van der Waals surface area contributed by atoms with Gasteiger partial charge in [-0.3, -0.25) is 4.79 Å². The number of para-hydroxylation sites is 1. The van der Waals surface area contributed by atoms with Crippen molar-refractivity contribution in [2.75, 3.05) is 0 Å². The van der Waals surface area contributed by atoms with Gasteiger partial charge in [0, 0.05) is 0 Å². The van der Waals surface area contributed by atoms with Crippen LogP contribution >= 0.6 is 15.9 Å². The Bertz CT molecular complexity index is 799. The number of hydrogen-bond donors (Lipinski definition) is 1. The molecular weight excluding hydrogens is 322 g/mol. The van der Waals surface area contributed by atoms with Gasteiger partial charge in [-0.1, -0.05) is 12.1 Å². The highest BCUT2D eigenvalue weighted by Crippen LogP contribution is 2.14. The van der Waals surface area contributed by atoms with Gasteiger partial charge in [0.2, 0.25) is 0 Å². The molecule has 0 atom stereocenters. The van der Waals surface area contributed by atoms with Gasteiger partial charge >= 0.3 is 0 Å². The van der Waals surface area contributed by atoms with Gasteiger partial charge in [-0.15, -0.1) is 0 Å². The number of halogens is 1. The summed E-state index contributed by atoms with van der Waals surface area (Å²) < 4.78 is 6.27. The van der Waals surface area contributed by atoms with Crippen LogP contribution in [0.15, 0.2) is 52.0 Å². The molecule has 0 aliphatic rings. The molecule has 0 bridgehead atoms. The number of ether oxygens (including phenoxy) is 1. The first-order valence-electron chi connectivity index (χ1n) is 5.95. The summed E-state index contributed by atoms with van der Waals surface area (Å²) in [6.45, 7) is 0.184. The molecule has 2 heterocycles. The zero-order valence-electron chi connectivity index (χ0n) is 10.3. The first-order valence-corrected chi connectivity index (χ1v) is 6.74. The van der Waals surface area contributed by atoms with E-state index in [9.17, 15) is 4.79 Å². The predicted octanol–water partition coefficient (Wildman–Crippen LogP) is 2.66. The van der Waals surface area contributed by atoms with Crippen LogP contribution in [0.3, 0.4) is 0 Å². The molecule has 1 N–H and O–H groups in total. The van der Waals surface area contributed by atoms with Crippen molar-refractivity contribution in [2.45, 2.75) is 6.61 Å². The standard InChI is InChI=1S/C14H10BrN3O2/c15-12-6-5-9(7-16-12)20-8-13-17-11-4-2-1-3-10(11)14(19)18-13/h1-7H,8H2,(H,17,18,19). The minimum absolute atomic E-state index is 0.164. The SMILES string of the molecule is O=c1[nH]c(COc2ccc(Br)nc2)nc2ccccc12. The molecule has 0 radical (unpaired) electrons. The summed E-state index contributed by atoms with van der Waals surface area (Å²) in [5.41, 5.74) is 0.493. The van der Waals surface area contributed by atoms with Gasteiger partial charge in [-0.2, -0.15) is 0 Å². The molecule has 0 spiro atoms. The topological polar surface area (TPSA) is 67.9 Å². The van der Waals surface area contributed by atoms with Gasteiger partial charge < -0.3 is 9.72 Å². The van der Waals surface area contributed by atoms with Crippen molar-refractivity contribution < 1.29 is 4.74 Å². The zero-order chi connectivity index (χ0) is 13.9. The highest BCUT2D eigenvalue weighted by Gasteiger charge is 2.04. The lowest BCUT2D eigenvalue weighted by molar-refractivity contribution is 0.294. The Morgan fingerprint density at radius 1 is 1.20 bits per heavy atom. The number of benzene rings is 1. The van der Waals surface area contributed by atoms with Crippen LogP contribution in [0.25, 0.3) is 10.9 Å². The third kappa shape index (κ3) is 2.70. The van der Waals surface area contributed by atoms with E-state index in [1.807, 2.05) is 12.1 Å². The summed E-state index contributed by atoms with van der Waals surface area (Å²) in [5.74, 6) is 1.10. The Labute approximate surface area is 122 Å². The van der Waals surface area contributed by atoms with Crippen LogP contribution < -0.4 is 10.3 Å². The van der Waals surface area contributed by atoms with Crippen molar-refractivity contribution >= 4 is 26.8 Å². The van der Waals surface area contributed by atoms with Crippen LogP contribution in [-0.4, -0.2) is 15.0 Å². The Morgan fingerprint density at radius 3 is 2.85 bits per heavy atom. The number of nitrogens with one attached hydrogen (secondary N) is 1. The van der Waals surface area contributed by atoms with Gasteiger partial charge in [0.05, 0.1) is 17.1 Å². The molecule has 100 valence electrons. The molecule has 0 saturated heterocycles. The summed E-state index contributed by atoms with van der Waals surface area (Å²) in [6, 6.07) is 10.8. The number of aromatic amines is 1. The number of hydrogen-bond acceptors (Lipinski definition) is 4. The van der Waals surface area contributed by atoms with Gasteiger partial charge in [0.1, 0.15) is 22.8 Å². The summed E-state index contributed by atoms with van der Waals surface area (Å²) in [7, 11) is 0. The van der Waals surface area contributed by atoms with Gasteiger partial charge in [-0.25, -0.2) is 9.97 Å². The minimum Gasteiger partial charge on any atom is -0.484 e. The normalized spacial score (nSPS) is 10.7. The zero-order valence-corrected chi connectivity index (χ0v) is 11.9. The molecule has 0 amide bonds. The monoisotopic (exact) mass is 331 g/mol. The van der Waals surface area contributed by atoms with Crippen molar-refractivity contribution in [2.24, 2.45) is 0 Å². The van der Waals surface area contributed by atoms with E-state index >= 15 is 0 Å². The van der Waals surface area contributed by atoms with E-state index in [0.29, 0.717) is 22.5 Å². The summed E-state index contributed by atoms with van der Waals surface area (Å²) in [6.07, 6.45) is 1.60. The second-order valence-electron chi connectivity index (χ2n) is 4.14. The van der Waals surface area contributed by atoms with Crippen molar-refractivity contribution in [3.63, 3.8) is 0 Å². The van der Waals surface area contributed by atoms with Crippen molar-refractivity contribution in [3.8, 4) is 5.75 Å². The number of nitrogens with zero attached hydrogens (tertiary/aromatic N) is 2. The lowest BCUT2D eigenvalue weighted by Gasteiger charge is -2.06. The van der Waals surface area contributed by atoms with E-state index in [1.54, 1.807) is 30.5 Å². The Balaban J connectivity index is 1.84. The van der Waals surface area contributed by atoms with Crippen molar-refractivity contribution in [1.82, 2.24) is 15.0 Å². The number of fused-ring (bicyclic) bond motifs is 1. The molecule has 5 nitrogen and oxygen atoms in total. The maximum atomic E-state index is 11.9. The Hall–Kier alpha value is -2.21. The molecule has 0 aliphatic carbocycles. The Morgan fingerprint density at radius 2 is 2.05 bits per heavy atom. The highest BCUT2D eigenvalue weighted by atomic mass is 79.9. The quantitative estimate of drug-likeness (QED) is 0.749. The van der Waals surface area contributed by atoms with Crippen LogP contribution in [0.2, 0.25) is 0 Å². The fourth-order valence-electron chi connectivity index (χ4n) is 1.80. The van der Waals surface area contributed by atoms with E-state index in [-0.39, 0.29) is 12.2 Å². The van der Waals surface area contributed by atoms with Crippen LogP contribution in [0.1, 0.15) is 5.82 Å². The molecular formula is C14H10BrN3O2. The van der Waals surface area contributed by atoms with E-state index in [0.717, 1.165) is 4.60 Å². The first kappa shape index (κ1) is 12.8. The smallest absolute Gasteiger partial charge is 0.258 e. The average molecular weight is 332 g/mol. The van der Waals surface area contributed by atoms with Crippen LogP contribution in [0.5, 0.6) is 5.75 Å². The molecule has 1 aromatic carbocycles. The van der Waals surface area contributed by atoms with Gasteiger partial charge in [0.25, 0.3) is 5.56 Å². The third-order valence-electron chi connectivity index (χ3n) is 2.74. The molecule has 2 aromatic heterocycles. The molecule has 3 rings (SSSR count). The number of pyridine rings is 1. The van der Waals surface area contributed by atoms with E-state index in [4.69, 9.17) is 4.74 Å². The van der Waals surface area contributed by atoms with E-state index in [2.05, 4.69) is 30.9 Å². The lowest BCUT2D eigenvalue weighted by Crippen LogP contribution is -2.13. The molecule has 20 heavy (non-hydrogen) atoms. The molecule has 0 aliphatic heterocycles. The summed E-state index contributed by atoms with van der Waals surface area (Å²) in [5, 5.41) is 0.571. The van der Waals surface area contributed by atoms with Gasteiger partial charge in [0.15, 0.2) is 0 Å². The first-order chi connectivity index (χ1) is 9.72. The molecule has 3 aromatic rings. The van der Waals surface area contributed by atoms with Crippen LogP contribution in [0, 0.1) is 0 Å². The fraction of sp³-hybridized carbons (Fsp3) is 0.0714. The van der Waals surface area contributed by atoms with E-state index < -0.39 is 0 Å². The lowest BCUT2D eigenvalue weighted by atomic mass is 10.2. The van der Waals surface area contributed by atoms with Crippen molar-refractivity contribution in [3.05, 3.63) is 63.4 Å². The average Bonchev–Trinajstić information content (AvgIpc) is 2.47. The van der Waals surface area contributed by atoms with E-state index in [1.165, 1.54) is 0 Å². The van der Waals surface area contributed by atoms with Crippen molar-refractivity contribution in [1.29, 1.82) is 0 Å². The Kier molecular flexibility index (Phi) is 3.47. The minimum atomic E-state index is -0.164. The molecule has 0 saturated carbocycles. The number of H-pyrrole nitrogens is 1. The van der Waals surface area contributed by atoms with Crippen LogP contribution in [-0.2, 0) is 6.61 Å².